The number of nitrogens with one attached hydrogen (secondary N) is 1. The normalized spacial score (nSPS) is 24.8. The maximum atomic E-state index is 12.4. The number of carbonyl (C=O) groups is 1. The van der Waals surface area contributed by atoms with Crippen LogP contribution in [0.25, 0.3) is 10.4 Å². The van der Waals surface area contributed by atoms with E-state index < -0.39 is 0 Å². The predicted molar refractivity (Wildman–Crippen MR) is 99.4 cm³/mol. The van der Waals surface area contributed by atoms with Gasteiger partial charge in [0.15, 0.2) is 0 Å². The van der Waals surface area contributed by atoms with E-state index in [9.17, 15) is 4.79 Å². The van der Waals surface area contributed by atoms with Crippen LogP contribution in [-0.2, 0) is 4.74 Å². The highest BCUT2D eigenvalue weighted by atomic mass is 32.1. The number of piperidine rings is 3. The fraction of sp³-hybridized carbons (Fsp3) is 0.421. The minimum absolute atomic E-state index is 0.0190. The van der Waals surface area contributed by atoms with E-state index in [-0.39, 0.29) is 12.2 Å². The van der Waals surface area contributed by atoms with Gasteiger partial charge >= 0.3 is 6.09 Å². The molecule has 3 aliphatic heterocycles. The topological polar surface area (TPSA) is 50.8 Å². The molecule has 5 nitrogen and oxygen atoms in total. The van der Waals surface area contributed by atoms with Crippen molar-refractivity contribution in [2.75, 3.05) is 32.1 Å². The molecule has 0 radical (unpaired) electrons. The quantitative estimate of drug-likeness (QED) is 0.895. The van der Waals surface area contributed by atoms with Crippen LogP contribution in [0.2, 0.25) is 0 Å². The van der Waals surface area contributed by atoms with Gasteiger partial charge in [-0.25, -0.2) is 4.79 Å². The van der Waals surface area contributed by atoms with Crippen LogP contribution >= 0.6 is 11.3 Å². The number of thiophene rings is 1. The van der Waals surface area contributed by atoms with E-state index in [0.29, 0.717) is 5.92 Å². The zero-order valence-electron chi connectivity index (χ0n) is 14.2. The molecule has 4 heterocycles. The molecule has 1 atom stereocenters. The number of nitrogens with zero attached hydrogens (tertiary/aromatic N) is 1. The van der Waals surface area contributed by atoms with Crippen molar-refractivity contribution in [3.8, 4) is 16.2 Å². The minimum Gasteiger partial charge on any atom is -0.497 e. The molecule has 1 unspecified atom stereocenters. The number of hydrogen-bond donors (Lipinski definition) is 1. The molecule has 3 fully saturated rings. The molecule has 1 N–H and O–H groups in total. The monoisotopic (exact) mass is 358 g/mol. The second-order valence-electron chi connectivity index (χ2n) is 6.60. The number of amides is 1. The van der Waals surface area contributed by atoms with E-state index in [2.05, 4.69) is 10.2 Å². The van der Waals surface area contributed by atoms with Crippen molar-refractivity contribution in [1.82, 2.24) is 4.90 Å². The highest BCUT2D eigenvalue weighted by Gasteiger charge is 2.36. The van der Waals surface area contributed by atoms with E-state index >= 15 is 0 Å². The van der Waals surface area contributed by atoms with Crippen molar-refractivity contribution in [1.29, 1.82) is 0 Å². The first-order valence-corrected chi connectivity index (χ1v) is 9.53. The Balaban J connectivity index is 1.42. The summed E-state index contributed by atoms with van der Waals surface area (Å²) in [5, 5.41) is 4.90. The maximum absolute atomic E-state index is 12.4. The van der Waals surface area contributed by atoms with Crippen molar-refractivity contribution < 1.29 is 14.3 Å². The van der Waals surface area contributed by atoms with E-state index in [1.807, 2.05) is 35.7 Å². The Kier molecular flexibility index (Phi) is 4.63. The van der Waals surface area contributed by atoms with Gasteiger partial charge in [-0.1, -0.05) is 0 Å². The second-order valence-corrected chi connectivity index (χ2v) is 7.51. The van der Waals surface area contributed by atoms with Gasteiger partial charge in [-0.3, -0.25) is 10.2 Å². The molecule has 0 saturated carbocycles. The van der Waals surface area contributed by atoms with E-state index in [1.165, 1.54) is 0 Å². The van der Waals surface area contributed by atoms with Crippen molar-refractivity contribution in [3.05, 3.63) is 35.7 Å². The first kappa shape index (κ1) is 16.4. The fourth-order valence-electron chi connectivity index (χ4n) is 3.69. The van der Waals surface area contributed by atoms with Gasteiger partial charge in [0.05, 0.1) is 17.7 Å². The third-order valence-electron chi connectivity index (χ3n) is 5.11. The van der Waals surface area contributed by atoms with Gasteiger partial charge in [0.1, 0.15) is 11.9 Å². The summed E-state index contributed by atoms with van der Waals surface area (Å²) in [4.78, 5) is 15.8. The van der Waals surface area contributed by atoms with Gasteiger partial charge in [-0.05, 0) is 73.1 Å². The first-order valence-electron chi connectivity index (χ1n) is 8.65. The Bertz CT molecular complexity index is 735. The van der Waals surface area contributed by atoms with Crippen molar-refractivity contribution in [2.24, 2.45) is 5.92 Å². The second kappa shape index (κ2) is 7.06. The number of fused-ring (bicyclic) bond motifs is 3. The minimum atomic E-state index is -0.355. The zero-order chi connectivity index (χ0) is 17.2. The summed E-state index contributed by atoms with van der Waals surface area (Å²) in [6, 6.07) is 9.75. The Morgan fingerprint density at radius 2 is 1.96 bits per heavy atom. The molecular formula is C19H22N2O3S. The molecule has 2 bridgehead atoms. The molecule has 0 spiro atoms. The number of anilines is 1. The molecule has 5 rings (SSSR count). The van der Waals surface area contributed by atoms with Crippen molar-refractivity contribution in [2.45, 2.75) is 18.9 Å². The lowest BCUT2D eigenvalue weighted by Crippen LogP contribution is -2.52. The number of ether oxygens (including phenoxy) is 2. The molecule has 0 aliphatic carbocycles. The molecule has 25 heavy (non-hydrogen) atoms. The van der Waals surface area contributed by atoms with Crippen LogP contribution in [-0.4, -0.2) is 43.8 Å². The summed E-state index contributed by atoms with van der Waals surface area (Å²) in [5.41, 5.74) is 1.84. The Hall–Kier alpha value is -2.05. The van der Waals surface area contributed by atoms with Gasteiger partial charge in [-0.15, -0.1) is 11.3 Å². The van der Waals surface area contributed by atoms with Gasteiger partial charge in [-0.2, -0.15) is 0 Å². The lowest BCUT2D eigenvalue weighted by Gasteiger charge is -2.43. The summed E-state index contributed by atoms with van der Waals surface area (Å²) in [6.45, 7) is 3.14. The predicted octanol–water partition coefficient (Wildman–Crippen LogP) is 4.07. The molecule has 1 aromatic carbocycles. The third-order valence-corrected chi connectivity index (χ3v) is 6.07. The number of rotatable bonds is 4. The number of hydrogen-bond acceptors (Lipinski definition) is 5. The van der Waals surface area contributed by atoms with E-state index in [1.54, 1.807) is 18.4 Å². The smallest absolute Gasteiger partial charge is 0.411 e. The van der Waals surface area contributed by atoms with Crippen LogP contribution in [0.4, 0.5) is 10.5 Å². The van der Waals surface area contributed by atoms with Crippen LogP contribution < -0.4 is 10.1 Å². The van der Waals surface area contributed by atoms with Gasteiger partial charge < -0.3 is 9.47 Å². The SMILES string of the molecule is COc1ccc(-c2sccc2NC(=O)OC2CN3CCC2CC3)cc1. The fourth-order valence-corrected chi connectivity index (χ4v) is 4.55. The third kappa shape index (κ3) is 3.50. The van der Waals surface area contributed by atoms with Crippen LogP contribution in [0.1, 0.15) is 12.8 Å². The standard InChI is InChI=1S/C19H22N2O3S/c1-23-15-4-2-14(3-5-15)18-16(8-11-25-18)20-19(22)24-17-12-21-9-6-13(17)7-10-21/h2-5,8,11,13,17H,6-7,9-10,12H2,1H3,(H,20,22). The average molecular weight is 358 g/mol. The van der Waals surface area contributed by atoms with Crippen molar-refractivity contribution in [3.63, 3.8) is 0 Å². The lowest BCUT2D eigenvalue weighted by molar-refractivity contribution is -0.0289. The molecule has 2 aromatic rings. The number of methoxy groups -OCH3 is 1. The van der Waals surface area contributed by atoms with Gasteiger partial charge in [0, 0.05) is 6.54 Å². The molecule has 1 amide bonds. The summed E-state index contributed by atoms with van der Waals surface area (Å²) >= 11 is 1.60. The Morgan fingerprint density at radius 1 is 1.20 bits per heavy atom. The van der Waals surface area contributed by atoms with Crippen LogP contribution in [0.15, 0.2) is 35.7 Å². The summed E-state index contributed by atoms with van der Waals surface area (Å²) in [7, 11) is 1.65. The summed E-state index contributed by atoms with van der Waals surface area (Å²) in [6.07, 6.45) is 1.93. The highest BCUT2D eigenvalue weighted by Crippen LogP contribution is 2.35. The molecular weight excluding hydrogens is 336 g/mol. The Morgan fingerprint density at radius 3 is 2.60 bits per heavy atom. The van der Waals surface area contributed by atoms with Crippen molar-refractivity contribution >= 4 is 23.1 Å². The van der Waals surface area contributed by atoms with Crippen LogP contribution in [0.5, 0.6) is 5.75 Å². The lowest BCUT2D eigenvalue weighted by atomic mass is 9.86. The van der Waals surface area contributed by atoms with Crippen LogP contribution in [0.3, 0.4) is 0 Å². The van der Waals surface area contributed by atoms with Gasteiger partial charge in [0.2, 0.25) is 0 Å². The van der Waals surface area contributed by atoms with Crippen LogP contribution in [0, 0.1) is 5.92 Å². The molecule has 132 valence electrons. The maximum Gasteiger partial charge on any atom is 0.411 e. The molecule has 6 heteroatoms. The molecule has 3 aliphatic rings. The van der Waals surface area contributed by atoms with Gasteiger partial charge in [0.25, 0.3) is 0 Å². The molecule has 1 aromatic heterocycles. The number of carbonyl (C=O) groups excluding carboxylic acids is 1. The Labute approximate surface area is 151 Å². The highest BCUT2D eigenvalue weighted by molar-refractivity contribution is 7.14. The average Bonchev–Trinajstić information content (AvgIpc) is 3.10. The van der Waals surface area contributed by atoms with E-state index in [4.69, 9.17) is 9.47 Å². The largest absolute Gasteiger partial charge is 0.497 e. The first-order chi connectivity index (χ1) is 12.2. The zero-order valence-corrected chi connectivity index (χ0v) is 15.1. The molecule has 3 saturated heterocycles. The van der Waals surface area contributed by atoms with E-state index in [0.717, 1.165) is 54.4 Å². The summed E-state index contributed by atoms with van der Waals surface area (Å²) < 4.78 is 10.9. The summed E-state index contributed by atoms with van der Waals surface area (Å²) in [5.74, 6) is 1.33. The number of benzene rings is 1.